The summed E-state index contributed by atoms with van der Waals surface area (Å²) in [5.74, 6) is 4.25. The van der Waals surface area contributed by atoms with Crippen molar-refractivity contribution in [1.82, 2.24) is 10.6 Å². The zero-order valence-electron chi connectivity index (χ0n) is 15.3. The number of guanidine groups is 1. The van der Waals surface area contributed by atoms with Crippen molar-refractivity contribution < 1.29 is 9.47 Å². The van der Waals surface area contributed by atoms with Gasteiger partial charge in [0.2, 0.25) is 0 Å². The van der Waals surface area contributed by atoms with Crippen molar-refractivity contribution in [2.75, 3.05) is 39.5 Å². The van der Waals surface area contributed by atoms with Crippen LogP contribution in [0.5, 0.6) is 5.75 Å². The molecule has 0 aromatic heterocycles. The molecule has 5 nitrogen and oxygen atoms in total. The third-order valence-corrected chi connectivity index (χ3v) is 4.47. The highest BCUT2D eigenvalue weighted by molar-refractivity contribution is 5.80. The first kappa shape index (κ1) is 19.1. The maximum Gasteiger partial charge on any atom is 0.192 e. The number of hydrogen-bond acceptors (Lipinski definition) is 3. The summed E-state index contributed by atoms with van der Waals surface area (Å²) in [4.78, 5) is 4.79. The second-order valence-electron chi connectivity index (χ2n) is 6.10. The summed E-state index contributed by atoms with van der Waals surface area (Å²) in [5, 5.41) is 6.40. The molecule has 1 aromatic carbocycles. The maximum absolute atomic E-state index is 5.60. The molecule has 0 saturated carbocycles. The fourth-order valence-corrected chi connectivity index (χ4v) is 3.08. The lowest BCUT2D eigenvalue weighted by Crippen LogP contribution is -2.41. The monoisotopic (exact) mass is 343 g/mol. The minimum absolute atomic E-state index is 0.0124. The van der Waals surface area contributed by atoms with Gasteiger partial charge in [0.05, 0.1) is 19.7 Å². The molecule has 0 amide bonds. The van der Waals surface area contributed by atoms with Crippen LogP contribution in [0.25, 0.3) is 0 Å². The van der Waals surface area contributed by atoms with Gasteiger partial charge in [0.1, 0.15) is 5.75 Å². The summed E-state index contributed by atoms with van der Waals surface area (Å²) >= 11 is 0. The number of terminal acetylenes is 1. The van der Waals surface area contributed by atoms with E-state index in [4.69, 9.17) is 20.9 Å². The molecule has 0 radical (unpaired) electrons. The van der Waals surface area contributed by atoms with E-state index in [2.05, 4.69) is 28.7 Å². The van der Waals surface area contributed by atoms with Crippen LogP contribution in [0, 0.1) is 12.3 Å². The van der Waals surface area contributed by atoms with E-state index < -0.39 is 0 Å². The highest BCUT2D eigenvalue weighted by atomic mass is 16.5. The Bertz CT molecular complexity index is 584. The lowest BCUT2D eigenvalue weighted by atomic mass is 9.74. The third kappa shape index (κ3) is 5.40. The van der Waals surface area contributed by atoms with Gasteiger partial charge in [-0.05, 0) is 44.4 Å². The lowest BCUT2D eigenvalue weighted by molar-refractivity contribution is 0.0531. The van der Waals surface area contributed by atoms with Gasteiger partial charge < -0.3 is 20.1 Å². The summed E-state index contributed by atoms with van der Waals surface area (Å²) in [6.07, 6.45) is 7.26. The summed E-state index contributed by atoms with van der Waals surface area (Å²) in [6, 6.07) is 8.41. The normalized spacial score (nSPS) is 16.8. The molecule has 0 bridgehead atoms. The van der Waals surface area contributed by atoms with Crippen LogP contribution in [-0.4, -0.2) is 45.4 Å². The van der Waals surface area contributed by atoms with Gasteiger partial charge in [-0.15, -0.1) is 6.42 Å². The van der Waals surface area contributed by atoms with Crippen molar-refractivity contribution in [3.05, 3.63) is 29.8 Å². The van der Waals surface area contributed by atoms with E-state index >= 15 is 0 Å². The van der Waals surface area contributed by atoms with Crippen molar-refractivity contribution in [2.45, 2.75) is 32.1 Å². The summed E-state index contributed by atoms with van der Waals surface area (Å²) in [7, 11) is 0. The van der Waals surface area contributed by atoms with Crippen molar-refractivity contribution in [3.63, 3.8) is 0 Å². The number of ether oxygens (including phenoxy) is 2. The molecule has 1 aliphatic heterocycles. The number of nitrogens with zero attached hydrogens (tertiary/aromatic N) is 1. The van der Waals surface area contributed by atoms with Crippen LogP contribution >= 0.6 is 0 Å². The molecule has 2 rings (SSSR count). The highest BCUT2D eigenvalue weighted by Crippen LogP contribution is 2.36. The molecule has 0 atom stereocenters. The zero-order valence-corrected chi connectivity index (χ0v) is 15.3. The lowest BCUT2D eigenvalue weighted by Gasteiger charge is -2.36. The molecule has 2 N–H and O–H groups in total. The first-order valence-corrected chi connectivity index (χ1v) is 9.01. The average Bonchev–Trinajstić information content (AvgIpc) is 2.65. The average molecular weight is 343 g/mol. The molecular formula is C20H29N3O2. The fourth-order valence-electron chi connectivity index (χ4n) is 3.08. The quantitative estimate of drug-likeness (QED) is 0.453. The number of hydrogen-bond donors (Lipinski definition) is 2. The third-order valence-electron chi connectivity index (χ3n) is 4.47. The van der Waals surface area contributed by atoms with Gasteiger partial charge in [-0.2, -0.15) is 0 Å². The van der Waals surface area contributed by atoms with Crippen molar-refractivity contribution >= 4 is 5.96 Å². The molecule has 1 heterocycles. The van der Waals surface area contributed by atoms with Crippen LogP contribution in [0.1, 0.15) is 32.3 Å². The summed E-state index contributed by atoms with van der Waals surface area (Å²) in [5.41, 5.74) is 1.28. The largest absolute Gasteiger partial charge is 0.494 e. The standard InChI is InChI=1S/C20H29N3O2/c1-4-13-22-19(21-5-2)23-16-20(11-14-24-15-12-20)17-7-9-18(10-8-17)25-6-3/h1,7-10H,5-6,11-16H2,2-3H3,(H2,21,22,23). The van der Waals surface area contributed by atoms with E-state index in [-0.39, 0.29) is 5.41 Å². The van der Waals surface area contributed by atoms with Gasteiger partial charge in [0.25, 0.3) is 0 Å². The minimum Gasteiger partial charge on any atom is -0.494 e. The van der Waals surface area contributed by atoms with Crippen LogP contribution in [0.3, 0.4) is 0 Å². The van der Waals surface area contributed by atoms with E-state index in [1.165, 1.54) is 5.56 Å². The van der Waals surface area contributed by atoms with Crippen molar-refractivity contribution in [3.8, 4) is 18.1 Å². The maximum atomic E-state index is 5.60. The number of aliphatic imine (C=N–C) groups is 1. The predicted octanol–water partition coefficient (Wildman–Crippen LogP) is 2.32. The van der Waals surface area contributed by atoms with Crippen molar-refractivity contribution in [1.29, 1.82) is 0 Å². The molecular weight excluding hydrogens is 314 g/mol. The van der Waals surface area contributed by atoms with Gasteiger partial charge in [-0.25, -0.2) is 0 Å². The van der Waals surface area contributed by atoms with E-state index in [0.29, 0.717) is 19.7 Å². The first-order chi connectivity index (χ1) is 12.2. The molecule has 0 unspecified atom stereocenters. The molecule has 25 heavy (non-hydrogen) atoms. The fraction of sp³-hybridized carbons (Fsp3) is 0.550. The predicted molar refractivity (Wildman–Crippen MR) is 102 cm³/mol. The highest BCUT2D eigenvalue weighted by Gasteiger charge is 2.34. The molecule has 0 spiro atoms. The Kier molecular flexibility index (Phi) is 7.62. The van der Waals surface area contributed by atoms with E-state index in [1.807, 2.05) is 26.0 Å². The van der Waals surface area contributed by atoms with E-state index in [0.717, 1.165) is 44.3 Å². The molecule has 136 valence electrons. The molecule has 1 fully saturated rings. The number of benzene rings is 1. The number of nitrogens with one attached hydrogen (secondary N) is 2. The molecule has 1 aliphatic rings. The topological polar surface area (TPSA) is 54.9 Å². The van der Waals surface area contributed by atoms with E-state index in [1.54, 1.807) is 0 Å². The summed E-state index contributed by atoms with van der Waals surface area (Å²) < 4.78 is 11.2. The Morgan fingerprint density at radius 2 is 1.96 bits per heavy atom. The molecule has 1 saturated heterocycles. The van der Waals surface area contributed by atoms with Gasteiger partial charge in [-0.3, -0.25) is 4.99 Å². The van der Waals surface area contributed by atoms with Crippen molar-refractivity contribution in [2.24, 2.45) is 4.99 Å². The molecule has 0 aliphatic carbocycles. The van der Waals surface area contributed by atoms with Gasteiger partial charge in [-0.1, -0.05) is 18.1 Å². The Morgan fingerprint density at radius 3 is 2.56 bits per heavy atom. The Balaban J connectivity index is 2.20. The second-order valence-corrected chi connectivity index (χ2v) is 6.10. The van der Waals surface area contributed by atoms with Gasteiger partial charge in [0, 0.05) is 25.2 Å². The van der Waals surface area contributed by atoms with Gasteiger partial charge >= 0.3 is 0 Å². The Hall–Kier alpha value is -2.19. The summed E-state index contributed by atoms with van der Waals surface area (Å²) in [6.45, 7) is 8.20. The van der Waals surface area contributed by atoms with Crippen LogP contribution in [0.15, 0.2) is 29.3 Å². The molecule has 1 aromatic rings. The number of rotatable bonds is 7. The van der Waals surface area contributed by atoms with Crippen LogP contribution in [0.4, 0.5) is 0 Å². The SMILES string of the molecule is C#CCNC(=NCC1(c2ccc(OCC)cc2)CCOCC1)NCC. The van der Waals surface area contributed by atoms with Crippen LogP contribution < -0.4 is 15.4 Å². The van der Waals surface area contributed by atoms with Crippen LogP contribution in [-0.2, 0) is 10.2 Å². The van der Waals surface area contributed by atoms with Crippen LogP contribution in [0.2, 0.25) is 0 Å². The minimum atomic E-state index is -0.0124. The Morgan fingerprint density at radius 1 is 1.24 bits per heavy atom. The second kappa shape index (κ2) is 9.95. The zero-order chi connectivity index (χ0) is 18.0. The first-order valence-electron chi connectivity index (χ1n) is 9.01. The Labute approximate surface area is 151 Å². The molecule has 5 heteroatoms. The van der Waals surface area contributed by atoms with Gasteiger partial charge in [0.15, 0.2) is 5.96 Å². The van der Waals surface area contributed by atoms with E-state index in [9.17, 15) is 0 Å². The smallest absolute Gasteiger partial charge is 0.192 e.